The number of nitrogens with one attached hydrogen (secondary N) is 2. The minimum Gasteiger partial charge on any atom is -0.491 e. The van der Waals surface area contributed by atoms with Gasteiger partial charge in [-0.15, -0.1) is 11.8 Å². The van der Waals surface area contributed by atoms with Crippen molar-refractivity contribution >= 4 is 17.7 Å². The van der Waals surface area contributed by atoms with Crippen LogP contribution in [0.2, 0.25) is 0 Å². The zero-order chi connectivity index (χ0) is 12.4. The normalized spacial score (nSPS) is 26.2. The van der Waals surface area contributed by atoms with Gasteiger partial charge < -0.3 is 10.1 Å². The third-order valence-corrected chi connectivity index (χ3v) is 4.20. The molecule has 1 amide bonds. The fourth-order valence-corrected chi connectivity index (χ4v) is 3.23. The topological polar surface area (TPSA) is 50.4 Å². The number of carbonyl (C=O) groups excluding carboxylic acids is 1. The van der Waals surface area contributed by atoms with E-state index in [1.165, 1.54) is 5.56 Å². The Hall–Kier alpha value is -1.20. The molecule has 5 heteroatoms. The van der Waals surface area contributed by atoms with Gasteiger partial charge in [0, 0.05) is 11.6 Å². The predicted octanol–water partition coefficient (Wildman–Crippen LogP) is 0.769. The Labute approximate surface area is 110 Å². The molecule has 0 spiro atoms. The smallest absolute Gasteiger partial charge is 0.238 e. The van der Waals surface area contributed by atoms with E-state index in [4.69, 9.17) is 4.74 Å². The van der Waals surface area contributed by atoms with E-state index in [0.717, 1.165) is 23.8 Å². The molecule has 0 aliphatic carbocycles. The maximum absolute atomic E-state index is 12.0. The molecule has 1 aromatic rings. The minimum absolute atomic E-state index is 0.0489. The van der Waals surface area contributed by atoms with Gasteiger partial charge in [0.1, 0.15) is 12.4 Å². The number of carbonyl (C=O) groups is 1. The summed E-state index contributed by atoms with van der Waals surface area (Å²) in [5.74, 6) is 2.75. The van der Waals surface area contributed by atoms with Crippen LogP contribution in [0.4, 0.5) is 0 Å². The van der Waals surface area contributed by atoms with Gasteiger partial charge in [-0.25, -0.2) is 0 Å². The maximum Gasteiger partial charge on any atom is 0.238 e. The average molecular weight is 264 g/mol. The highest BCUT2D eigenvalue weighted by atomic mass is 32.2. The number of fused-ring (bicyclic) bond motifs is 1. The summed E-state index contributed by atoms with van der Waals surface area (Å²) in [7, 11) is 0. The van der Waals surface area contributed by atoms with Crippen LogP contribution in [-0.4, -0.2) is 36.2 Å². The largest absolute Gasteiger partial charge is 0.491 e. The maximum atomic E-state index is 12.0. The second-order valence-corrected chi connectivity index (χ2v) is 5.63. The highest BCUT2D eigenvalue weighted by Crippen LogP contribution is 2.24. The van der Waals surface area contributed by atoms with Crippen LogP contribution >= 0.6 is 11.8 Å². The number of ether oxygens (including phenoxy) is 1. The average Bonchev–Trinajstić information content (AvgIpc) is 2.92. The Bertz CT molecular complexity index is 446. The van der Waals surface area contributed by atoms with Crippen molar-refractivity contribution in [3.63, 3.8) is 0 Å². The zero-order valence-corrected chi connectivity index (χ0v) is 10.8. The zero-order valence-electron chi connectivity index (χ0n) is 10.0. The lowest BCUT2D eigenvalue weighted by Gasteiger charge is -2.26. The number of hydrogen-bond acceptors (Lipinski definition) is 4. The first kappa shape index (κ1) is 11.9. The van der Waals surface area contributed by atoms with Gasteiger partial charge in [0.2, 0.25) is 5.91 Å². The number of para-hydroxylation sites is 1. The van der Waals surface area contributed by atoms with Crippen LogP contribution in [-0.2, 0) is 11.2 Å². The number of benzene rings is 1. The standard InChI is InChI=1S/C13H16N2O2S/c16-13(11-7-18-8-14-11)15-10-5-9-3-1-2-4-12(9)17-6-10/h1-4,10-11,14H,5-8H2,(H,15,16)/t10-,11+/m1/s1. The molecule has 2 aliphatic heterocycles. The second kappa shape index (κ2) is 5.20. The van der Waals surface area contributed by atoms with Crippen LogP contribution in [0.15, 0.2) is 24.3 Å². The first-order valence-corrected chi connectivity index (χ1v) is 7.30. The number of amides is 1. The van der Waals surface area contributed by atoms with Crippen molar-refractivity contribution in [1.29, 1.82) is 0 Å². The van der Waals surface area contributed by atoms with Crippen LogP contribution in [0.25, 0.3) is 0 Å². The highest BCUT2D eigenvalue weighted by molar-refractivity contribution is 7.99. The Morgan fingerprint density at radius 2 is 2.33 bits per heavy atom. The van der Waals surface area contributed by atoms with Crippen molar-refractivity contribution in [2.75, 3.05) is 18.2 Å². The van der Waals surface area contributed by atoms with Crippen molar-refractivity contribution in [3.05, 3.63) is 29.8 Å². The molecule has 0 saturated carbocycles. The van der Waals surface area contributed by atoms with E-state index in [1.54, 1.807) is 11.8 Å². The molecule has 18 heavy (non-hydrogen) atoms. The summed E-state index contributed by atoms with van der Waals surface area (Å²) in [5, 5.41) is 6.24. The lowest BCUT2D eigenvalue weighted by atomic mass is 10.0. The van der Waals surface area contributed by atoms with Gasteiger partial charge in [0.15, 0.2) is 0 Å². The first-order chi connectivity index (χ1) is 8.83. The van der Waals surface area contributed by atoms with Crippen LogP contribution in [0.5, 0.6) is 5.75 Å². The molecule has 3 rings (SSSR count). The van der Waals surface area contributed by atoms with E-state index in [2.05, 4.69) is 16.7 Å². The van der Waals surface area contributed by atoms with Crippen molar-refractivity contribution in [1.82, 2.24) is 10.6 Å². The number of hydrogen-bond donors (Lipinski definition) is 2. The predicted molar refractivity (Wildman–Crippen MR) is 71.8 cm³/mol. The highest BCUT2D eigenvalue weighted by Gasteiger charge is 2.26. The molecule has 2 N–H and O–H groups in total. The van der Waals surface area contributed by atoms with Gasteiger partial charge in [-0.2, -0.15) is 0 Å². The quantitative estimate of drug-likeness (QED) is 0.828. The molecular formula is C13H16N2O2S. The fraction of sp³-hybridized carbons (Fsp3) is 0.462. The number of thioether (sulfide) groups is 1. The molecular weight excluding hydrogens is 248 g/mol. The molecule has 2 heterocycles. The molecule has 1 fully saturated rings. The molecule has 2 aliphatic rings. The molecule has 2 atom stereocenters. The Morgan fingerprint density at radius 3 is 3.17 bits per heavy atom. The molecule has 1 aromatic carbocycles. The third kappa shape index (κ3) is 2.47. The Morgan fingerprint density at radius 1 is 1.44 bits per heavy atom. The monoisotopic (exact) mass is 264 g/mol. The summed E-state index contributed by atoms with van der Waals surface area (Å²) in [5.41, 5.74) is 1.17. The molecule has 0 aromatic heterocycles. The van der Waals surface area contributed by atoms with Gasteiger partial charge in [0.05, 0.1) is 12.1 Å². The van der Waals surface area contributed by atoms with Gasteiger partial charge in [-0.05, 0) is 18.1 Å². The summed E-state index contributed by atoms with van der Waals surface area (Å²) >= 11 is 1.76. The summed E-state index contributed by atoms with van der Waals surface area (Å²) in [6.45, 7) is 0.558. The van der Waals surface area contributed by atoms with Crippen molar-refractivity contribution in [2.45, 2.75) is 18.5 Å². The molecule has 96 valence electrons. The van der Waals surface area contributed by atoms with E-state index in [-0.39, 0.29) is 18.0 Å². The Kier molecular flexibility index (Phi) is 3.43. The first-order valence-electron chi connectivity index (χ1n) is 6.15. The van der Waals surface area contributed by atoms with Gasteiger partial charge >= 0.3 is 0 Å². The lowest BCUT2D eigenvalue weighted by Crippen LogP contribution is -2.50. The lowest BCUT2D eigenvalue weighted by molar-refractivity contribution is -0.123. The van der Waals surface area contributed by atoms with Crippen LogP contribution in [0.1, 0.15) is 5.56 Å². The van der Waals surface area contributed by atoms with Gasteiger partial charge in [-0.3, -0.25) is 10.1 Å². The van der Waals surface area contributed by atoms with Crippen molar-refractivity contribution in [3.8, 4) is 5.75 Å². The summed E-state index contributed by atoms with van der Waals surface area (Å²) in [4.78, 5) is 12.0. The van der Waals surface area contributed by atoms with Gasteiger partial charge in [-0.1, -0.05) is 18.2 Å². The molecule has 0 bridgehead atoms. The summed E-state index contributed by atoms with van der Waals surface area (Å²) in [6.07, 6.45) is 0.849. The van der Waals surface area contributed by atoms with E-state index in [9.17, 15) is 4.79 Å². The Balaban J connectivity index is 1.60. The van der Waals surface area contributed by atoms with E-state index in [0.29, 0.717) is 6.61 Å². The molecule has 0 unspecified atom stereocenters. The molecule has 4 nitrogen and oxygen atoms in total. The fourth-order valence-electron chi connectivity index (χ4n) is 2.29. The van der Waals surface area contributed by atoms with Crippen LogP contribution in [0, 0.1) is 0 Å². The van der Waals surface area contributed by atoms with E-state index in [1.807, 2.05) is 18.2 Å². The summed E-state index contributed by atoms with van der Waals surface area (Å²) in [6, 6.07) is 8.03. The summed E-state index contributed by atoms with van der Waals surface area (Å²) < 4.78 is 5.66. The molecule has 0 radical (unpaired) electrons. The third-order valence-electron chi connectivity index (χ3n) is 3.26. The number of rotatable bonds is 2. The van der Waals surface area contributed by atoms with Crippen LogP contribution < -0.4 is 15.4 Å². The SMILES string of the molecule is O=C(N[C@H]1COc2ccccc2C1)[C@@H]1CSCN1. The van der Waals surface area contributed by atoms with Crippen LogP contribution in [0.3, 0.4) is 0 Å². The van der Waals surface area contributed by atoms with E-state index >= 15 is 0 Å². The van der Waals surface area contributed by atoms with E-state index < -0.39 is 0 Å². The molecule has 1 saturated heterocycles. The second-order valence-electron chi connectivity index (χ2n) is 4.60. The van der Waals surface area contributed by atoms with Crippen molar-refractivity contribution < 1.29 is 9.53 Å². The van der Waals surface area contributed by atoms with Gasteiger partial charge in [0.25, 0.3) is 0 Å². The minimum atomic E-state index is -0.0489. The van der Waals surface area contributed by atoms with Crippen molar-refractivity contribution in [2.24, 2.45) is 0 Å².